The van der Waals surface area contributed by atoms with Crippen LogP contribution in [0.3, 0.4) is 0 Å². The van der Waals surface area contributed by atoms with E-state index in [1.165, 1.54) is 21.9 Å². The molecule has 39 heavy (non-hydrogen) atoms. The number of phenolic OH excluding ortho intramolecular Hbond substituents is 1. The number of benzene rings is 1. The van der Waals surface area contributed by atoms with Crippen LogP contribution in [0.15, 0.2) is 24.4 Å². The Hall–Kier alpha value is -4.17. The predicted molar refractivity (Wildman–Crippen MR) is 135 cm³/mol. The lowest BCUT2D eigenvalue weighted by Crippen LogP contribution is -2.58. The number of carbonyl (C=O) groups excluding carboxylic acids is 1. The van der Waals surface area contributed by atoms with Crippen LogP contribution in [-0.4, -0.2) is 114 Å². The average molecular weight is 549 g/mol. The summed E-state index contributed by atoms with van der Waals surface area (Å²) in [7, 11) is 0. The highest BCUT2D eigenvalue weighted by atomic mass is 16.4. The standard InChI is InChI=1S/C25H32N4O10/c30-15-5-6-17-16(8-15)14(9-26-17)7-18(25(38)39)27-21(31)10-28(11-22(32)33)19-3-1-2-4-20(19)29(12-23(34)35)13-24(36)37/h5-6,8-9,18-20,26,30H,1-4,7,10-13H2,(H,27,31)(H,32,33)(H,34,35)(H,36,37)(H,38,39)/t18?,19-,20-/m0/s1. The van der Waals surface area contributed by atoms with Gasteiger partial charge in [0.1, 0.15) is 11.8 Å². The first-order valence-electron chi connectivity index (χ1n) is 12.4. The zero-order valence-electron chi connectivity index (χ0n) is 21.1. The molecule has 3 rings (SSSR count). The van der Waals surface area contributed by atoms with Crippen LogP contribution in [0, 0.1) is 0 Å². The van der Waals surface area contributed by atoms with Gasteiger partial charge in [-0.2, -0.15) is 0 Å². The van der Waals surface area contributed by atoms with E-state index in [1.54, 1.807) is 12.3 Å². The van der Waals surface area contributed by atoms with Gasteiger partial charge in [0.05, 0.1) is 26.2 Å². The number of phenols is 1. The molecule has 0 radical (unpaired) electrons. The van der Waals surface area contributed by atoms with Crippen molar-refractivity contribution in [2.45, 2.75) is 50.2 Å². The molecule has 1 aliphatic carbocycles. The van der Waals surface area contributed by atoms with Crippen LogP contribution in [0.1, 0.15) is 31.2 Å². The van der Waals surface area contributed by atoms with Crippen molar-refractivity contribution in [3.8, 4) is 5.75 Å². The Labute approximate surface area is 222 Å². The van der Waals surface area contributed by atoms with E-state index in [-0.39, 0.29) is 12.2 Å². The first-order valence-corrected chi connectivity index (χ1v) is 12.4. The van der Waals surface area contributed by atoms with Crippen LogP contribution in [0.4, 0.5) is 0 Å². The SMILES string of the molecule is O=C(O)CN(CC(=O)O)[C@H]1CCCC[C@@H]1N(CC(=O)O)CC(=O)NC(Cc1c[nH]c2ccc(O)cc12)C(=O)O. The van der Waals surface area contributed by atoms with E-state index in [0.717, 1.165) is 0 Å². The molecule has 1 heterocycles. The lowest BCUT2D eigenvalue weighted by Gasteiger charge is -2.43. The zero-order valence-corrected chi connectivity index (χ0v) is 21.1. The number of hydrogen-bond donors (Lipinski definition) is 7. The van der Waals surface area contributed by atoms with Crippen LogP contribution in [0.5, 0.6) is 5.75 Å². The number of hydrogen-bond acceptors (Lipinski definition) is 8. The van der Waals surface area contributed by atoms with Crippen LogP contribution >= 0.6 is 0 Å². The normalized spacial score (nSPS) is 18.2. The Morgan fingerprint density at radius 3 is 1.92 bits per heavy atom. The van der Waals surface area contributed by atoms with E-state index >= 15 is 0 Å². The minimum Gasteiger partial charge on any atom is -0.508 e. The molecule has 1 unspecified atom stereocenters. The van der Waals surface area contributed by atoms with Gasteiger partial charge in [-0.1, -0.05) is 12.8 Å². The Kier molecular flexibility index (Phi) is 9.84. The fourth-order valence-electron chi connectivity index (χ4n) is 5.23. The number of amides is 1. The van der Waals surface area contributed by atoms with Gasteiger partial charge >= 0.3 is 23.9 Å². The van der Waals surface area contributed by atoms with Gasteiger partial charge in [0.15, 0.2) is 0 Å². The third kappa shape index (κ3) is 8.15. The molecule has 1 saturated carbocycles. The molecular weight excluding hydrogens is 516 g/mol. The highest BCUT2D eigenvalue weighted by Gasteiger charge is 2.37. The Balaban J connectivity index is 1.78. The number of carbonyl (C=O) groups is 5. The van der Waals surface area contributed by atoms with Gasteiger partial charge in [-0.15, -0.1) is 0 Å². The van der Waals surface area contributed by atoms with E-state index in [2.05, 4.69) is 10.3 Å². The summed E-state index contributed by atoms with van der Waals surface area (Å²) < 4.78 is 0. The summed E-state index contributed by atoms with van der Waals surface area (Å²) in [5.41, 5.74) is 1.21. The molecule has 14 nitrogen and oxygen atoms in total. The molecule has 1 aromatic heterocycles. The second kappa shape index (κ2) is 13.1. The van der Waals surface area contributed by atoms with E-state index < -0.39 is 74.1 Å². The van der Waals surface area contributed by atoms with Crippen LogP contribution in [-0.2, 0) is 30.4 Å². The fraction of sp³-hybridized carbons (Fsp3) is 0.480. The van der Waals surface area contributed by atoms with E-state index in [4.69, 9.17) is 0 Å². The first-order chi connectivity index (χ1) is 18.4. The summed E-state index contributed by atoms with van der Waals surface area (Å²) in [5, 5.41) is 50.7. The topological polar surface area (TPSA) is 221 Å². The highest BCUT2D eigenvalue weighted by molar-refractivity contribution is 5.88. The first kappa shape index (κ1) is 29.4. The Morgan fingerprint density at radius 2 is 1.41 bits per heavy atom. The molecule has 1 aromatic carbocycles. The lowest BCUT2D eigenvalue weighted by atomic mass is 9.87. The minimum atomic E-state index is -1.36. The number of carboxylic acids is 4. The largest absolute Gasteiger partial charge is 0.508 e. The number of fused-ring (bicyclic) bond motifs is 1. The maximum Gasteiger partial charge on any atom is 0.326 e. The van der Waals surface area contributed by atoms with Gasteiger partial charge < -0.3 is 35.8 Å². The van der Waals surface area contributed by atoms with Crippen LogP contribution < -0.4 is 5.32 Å². The van der Waals surface area contributed by atoms with Gasteiger partial charge in [-0.05, 0) is 36.6 Å². The minimum absolute atomic E-state index is 0.00884. The molecule has 1 aliphatic rings. The molecule has 3 atom stereocenters. The van der Waals surface area contributed by atoms with Crippen molar-refractivity contribution in [3.63, 3.8) is 0 Å². The van der Waals surface area contributed by atoms with Crippen molar-refractivity contribution in [1.29, 1.82) is 0 Å². The third-order valence-corrected chi connectivity index (χ3v) is 6.80. The predicted octanol–water partition coefficient (Wildman–Crippen LogP) is 0.154. The van der Waals surface area contributed by atoms with Gasteiger partial charge in [0.25, 0.3) is 0 Å². The summed E-state index contributed by atoms with van der Waals surface area (Å²) in [6, 6.07) is 1.95. The number of aliphatic carboxylic acids is 4. The molecule has 0 aliphatic heterocycles. The molecule has 0 spiro atoms. The molecule has 14 heteroatoms. The van der Waals surface area contributed by atoms with E-state index in [9.17, 15) is 49.5 Å². The third-order valence-electron chi connectivity index (χ3n) is 6.80. The number of nitrogens with zero attached hydrogens (tertiary/aromatic N) is 2. The number of aromatic nitrogens is 1. The van der Waals surface area contributed by atoms with Crippen molar-refractivity contribution >= 4 is 40.7 Å². The maximum absolute atomic E-state index is 13.0. The highest BCUT2D eigenvalue weighted by Crippen LogP contribution is 2.28. The van der Waals surface area contributed by atoms with Gasteiger partial charge in [0.2, 0.25) is 5.91 Å². The number of H-pyrrole nitrogens is 1. The average Bonchev–Trinajstić information content (AvgIpc) is 3.23. The summed E-state index contributed by atoms with van der Waals surface area (Å²) >= 11 is 0. The summed E-state index contributed by atoms with van der Waals surface area (Å²) in [5.74, 6) is -5.80. The van der Waals surface area contributed by atoms with Gasteiger partial charge in [-0.3, -0.25) is 29.0 Å². The molecule has 7 N–H and O–H groups in total. The number of aromatic hydroxyl groups is 1. The molecular formula is C25H32N4O10. The second-order valence-electron chi connectivity index (χ2n) is 9.62. The van der Waals surface area contributed by atoms with Gasteiger partial charge in [-0.25, -0.2) is 4.79 Å². The van der Waals surface area contributed by atoms with Crippen LogP contribution in [0.2, 0.25) is 0 Å². The zero-order chi connectivity index (χ0) is 28.7. The molecule has 0 saturated heterocycles. The van der Waals surface area contributed by atoms with Crippen LogP contribution in [0.25, 0.3) is 10.9 Å². The fourth-order valence-corrected chi connectivity index (χ4v) is 5.23. The summed E-state index contributed by atoms with van der Waals surface area (Å²) in [6.07, 6.45) is 3.62. The molecule has 2 aromatic rings. The van der Waals surface area contributed by atoms with Crippen molar-refractivity contribution in [2.24, 2.45) is 0 Å². The van der Waals surface area contributed by atoms with Crippen molar-refractivity contribution in [1.82, 2.24) is 20.1 Å². The second-order valence-corrected chi connectivity index (χ2v) is 9.62. The maximum atomic E-state index is 13.0. The lowest BCUT2D eigenvalue weighted by molar-refractivity contribution is -0.147. The molecule has 1 fully saturated rings. The number of nitrogens with one attached hydrogen (secondary N) is 2. The van der Waals surface area contributed by atoms with E-state index in [1.807, 2.05) is 0 Å². The molecule has 212 valence electrons. The van der Waals surface area contributed by atoms with E-state index in [0.29, 0.717) is 42.1 Å². The smallest absolute Gasteiger partial charge is 0.326 e. The number of rotatable bonds is 14. The number of carboxylic acid groups (broad SMARTS) is 4. The number of aromatic amines is 1. The van der Waals surface area contributed by atoms with Crippen molar-refractivity contribution in [2.75, 3.05) is 26.2 Å². The quantitative estimate of drug-likeness (QED) is 0.168. The van der Waals surface area contributed by atoms with Crippen molar-refractivity contribution < 1.29 is 49.5 Å². The Morgan fingerprint density at radius 1 is 0.872 bits per heavy atom. The summed E-state index contributed by atoms with van der Waals surface area (Å²) in [4.78, 5) is 65.0. The summed E-state index contributed by atoms with van der Waals surface area (Å²) in [6.45, 7) is -2.20. The monoisotopic (exact) mass is 548 g/mol. The van der Waals surface area contributed by atoms with Gasteiger partial charge in [0, 0.05) is 35.6 Å². The Bertz CT molecular complexity index is 1210. The molecule has 0 bridgehead atoms. The van der Waals surface area contributed by atoms with Crippen molar-refractivity contribution in [3.05, 3.63) is 30.0 Å². The molecule has 1 amide bonds.